The van der Waals surface area contributed by atoms with Crippen LogP contribution in [-0.4, -0.2) is 33.0 Å². The summed E-state index contributed by atoms with van der Waals surface area (Å²) in [6.07, 6.45) is 1.39. The average Bonchev–Trinajstić information content (AvgIpc) is 3.03. The molecule has 7 heteroatoms. The molecule has 2 aromatic heterocycles. The molecule has 0 fully saturated rings. The highest BCUT2D eigenvalue weighted by Crippen LogP contribution is 2.15. The van der Waals surface area contributed by atoms with Crippen LogP contribution in [0.15, 0.2) is 28.9 Å². The molecule has 2 heterocycles. The number of halogens is 1. The summed E-state index contributed by atoms with van der Waals surface area (Å²) in [6, 6.07) is 4.32. The molecule has 0 spiro atoms. The fourth-order valence-corrected chi connectivity index (χ4v) is 2.12. The van der Waals surface area contributed by atoms with Gasteiger partial charge in [-0.05, 0) is 25.1 Å². The van der Waals surface area contributed by atoms with Crippen molar-refractivity contribution >= 4 is 16.9 Å². The topological polar surface area (TPSA) is 75.0 Å². The summed E-state index contributed by atoms with van der Waals surface area (Å²) < 4.78 is 18.0. The van der Waals surface area contributed by atoms with Crippen molar-refractivity contribution in [1.29, 1.82) is 0 Å². The molecular weight excluding hydrogens is 275 g/mol. The molecule has 1 amide bonds. The van der Waals surface area contributed by atoms with Crippen LogP contribution >= 0.6 is 0 Å². The highest BCUT2D eigenvalue weighted by molar-refractivity contribution is 5.94. The number of hydrogen-bond acceptors (Lipinski definition) is 4. The molecule has 0 aliphatic heterocycles. The van der Waals surface area contributed by atoms with Crippen molar-refractivity contribution in [1.82, 2.24) is 20.0 Å². The van der Waals surface area contributed by atoms with Crippen LogP contribution in [0, 0.1) is 12.7 Å². The predicted molar refractivity (Wildman–Crippen MR) is 73.1 cm³/mol. The van der Waals surface area contributed by atoms with Crippen LogP contribution in [0.3, 0.4) is 0 Å². The molecule has 108 valence electrons. The zero-order chi connectivity index (χ0) is 15.0. The van der Waals surface area contributed by atoms with Gasteiger partial charge in [-0.1, -0.05) is 5.16 Å². The number of nitrogens with one attached hydrogen (secondary N) is 1. The van der Waals surface area contributed by atoms with E-state index < -0.39 is 0 Å². The van der Waals surface area contributed by atoms with Gasteiger partial charge in [-0.15, -0.1) is 0 Å². The van der Waals surface area contributed by atoms with E-state index in [1.165, 1.54) is 23.2 Å². The first kappa shape index (κ1) is 13.3. The van der Waals surface area contributed by atoms with Gasteiger partial charge in [0.25, 0.3) is 5.91 Å². The van der Waals surface area contributed by atoms with Crippen LogP contribution in [0.1, 0.15) is 21.9 Å². The summed E-state index contributed by atoms with van der Waals surface area (Å²) in [4.78, 5) is 21.0. The predicted octanol–water partition coefficient (Wildman–Crippen LogP) is 2.27. The third kappa shape index (κ3) is 2.49. The Morgan fingerprint density at radius 1 is 1.48 bits per heavy atom. The summed E-state index contributed by atoms with van der Waals surface area (Å²) >= 11 is 0. The molecule has 3 rings (SSSR count). The molecule has 0 saturated heterocycles. The monoisotopic (exact) mass is 288 g/mol. The van der Waals surface area contributed by atoms with Crippen molar-refractivity contribution < 1.29 is 13.7 Å². The summed E-state index contributed by atoms with van der Waals surface area (Å²) in [5, 5.41) is 3.59. The molecule has 0 unspecified atom stereocenters. The van der Waals surface area contributed by atoms with Crippen LogP contribution in [0.2, 0.25) is 0 Å². The first-order valence-electron chi connectivity index (χ1n) is 6.35. The van der Waals surface area contributed by atoms with E-state index in [0.717, 1.165) is 0 Å². The smallest absolute Gasteiger partial charge is 0.259 e. The Morgan fingerprint density at radius 2 is 2.29 bits per heavy atom. The molecule has 0 bridgehead atoms. The fraction of sp³-hybridized carbons (Fsp3) is 0.214. The SMILES string of the molecule is Cc1oncc1C(=O)N(C)Cc1nc2ccc(F)cc2[nH]1. The number of carbonyl (C=O) groups is 1. The van der Waals surface area contributed by atoms with Crippen LogP contribution in [0.5, 0.6) is 0 Å². The van der Waals surface area contributed by atoms with Gasteiger partial charge >= 0.3 is 0 Å². The van der Waals surface area contributed by atoms with Gasteiger partial charge in [0.2, 0.25) is 0 Å². The molecule has 0 radical (unpaired) electrons. The minimum atomic E-state index is -0.331. The Hall–Kier alpha value is -2.70. The number of fused-ring (bicyclic) bond motifs is 1. The number of imidazole rings is 1. The fourth-order valence-electron chi connectivity index (χ4n) is 2.12. The Kier molecular flexibility index (Phi) is 3.17. The van der Waals surface area contributed by atoms with Gasteiger partial charge in [0.05, 0.1) is 23.8 Å². The lowest BCUT2D eigenvalue weighted by Crippen LogP contribution is -2.26. The largest absolute Gasteiger partial charge is 0.361 e. The van der Waals surface area contributed by atoms with Gasteiger partial charge in [-0.2, -0.15) is 0 Å². The molecular formula is C14H13FN4O2. The molecule has 6 nitrogen and oxygen atoms in total. The van der Waals surface area contributed by atoms with Gasteiger partial charge in [-0.25, -0.2) is 9.37 Å². The first-order valence-corrected chi connectivity index (χ1v) is 6.35. The number of rotatable bonds is 3. The number of aromatic nitrogens is 3. The number of benzene rings is 1. The van der Waals surface area contributed by atoms with E-state index in [-0.39, 0.29) is 18.3 Å². The molecule has 3 aromatic rings. The van der Waals surface area contributed by atoms with Crippen LogP contribution in [0.4, 0.5) is 4.39 Å². The van der Waals surface area contributed by atoms with E-state index in [4.69, 9.17) is 4.52 Å². The Labute approximate surface area is 119 Å². The van der Waals surface area contributed by atoms with E-state index in [1.807, 2.05) is 0 Å². The molecule has 1 N–H and O–H groups in total. The standard InChI is InChI=1S/C14H13FN4O2/c1-8-10(6-16-21-8)14(20)19(2)7-13-17-11-4-3-9(15)5-12(11)18-13/h3-6H,7H2,1-2H3,(H,17,18). The summed E-state index contributed by atoms with van der Waals surface area (Å²) in [7, 11) is 1.66. The van der Waals surface area contributed by atoms with Crippen molar-refractivity contribution in [3.63, 3.8) is 0 Å². The van der Waals surface area contributed by atoms with Crippen LogP contribution < -0.4 is 0 Å². The van der Waals surface area contributed by atoms with E-state index in [2.05, 4.69) is 15.1 Å². The van der Waals surface area contributed by atoms with Crippen molar-refractivity contribution in [3.8, 4) is 0 Å². The van der Waals surface area contributed by atoms with Gasteiger partial charge in [0, 0.05) is 7.05 Å². The number of hydrogen-bond donors (Lipinski definition) is 1. The normalized spacial score (nSPS) is 11.0. The maximum Gasteiger partial charge on any atom is 0.259 e. The second-order valence-electron chi connectivity index (χ2n) is 4.80. The Balaban J connectivity index is 1.81. The molecule has 0 saturated carbocycles. The Bertz CT molecular complexity index is 808. The second kappa shape index (κ2) is 5.01. The lowest BCUT2D eigenvalue weighted by molar-refractivity contribution is 0.0780. The number of amides is 1. The van der Waals surface area contributed by atoms with E-state index in [0.29, 0.717) is 28.2 Å². The maximum atomic E-state index is 13.1. The number of aryl methyl sites for hydroxylation is 1. The minimum Gasteiger partial charge on any atom is -0.361 e. The van der Waals surface area contributed by atoms with Crippen LogP contribution in [-0.2, 0) is 6.54 Å². The van der Waals surface area contributed by atoms with Gasteiger partial charge in [-0.3, -0.25) is 4.79 Å². The molecule has 0 aliphatic carbocycles. The third-order valence-corrected chi connectivity index (χ3v) is 3.21. The van der Waals surface area contributed by atoms with Crippen molar-refractivity contribution in [2.75, 3.05) is 7.05 Å². The van der Waals surface area contributed by atoms with Crippen molar-refractivity contribution in [3.05, 3.63) is 47.4 Å². The minimum absolute atomic E-state index is 0.208. The number of nitrogens with zero attached hydrogens (tertiary/aromatic N) is 3. The van der Waals surface area contributed by atoms with E-state index in [9.17, 15) is 9.18 Å². The number of H-pyrrole nitrogens is 1. The maximum absolute atomic E-state index is 13.1. The van der Waals surface area contributed by atoms with E-state index >= 15 is 0 Å². The highest BCUT2D eigenvalue weighted by atomic mass is 19.1. The molecule has 0 aliphatic rings. The lowest BCUT2D eigenvalue weighted by atomic mass is 10.2. The zero-order valence-electron chi connectivity index (χ0n) is 11.6. The van der Waals surface area contributed by atoms with Crippen LogP contribution in [0.25, 0.3) is 11.0 Å². The summed E-state index contributed by atoms with van der Waals surface area (Å²) in [6.45, 7) is 1.96. The van der Waals surface area contributed by atoms with Gasteiger partial charge < -0.3 is 14.4 Å². The second-order valence-corrected chi connectivity index (χ2v) is 4.80. The first-order chi connectivity index (χ1) is 10.0. The quantitative estimate of drug-likeness (QED) is 0.802. The average molecular weight is 288 g/mol. The Morgan fingerprint density at radius 3 is 3.00 bits per heavy atom. The summed E-state index contributed by atoms with van der Waals surface area (Å²) in [5.74, 6) is 0.515. The van der Waals surface area contributed by atoms with Gasteiger partial charge in [0.15, 0.2) is 0 Å². The molecule has 21 heavy (non-hydrogen) atoms. The summed E-state index contributed by atoms with van der Waals surface area (Å²) in [5.41, 5.74) is 1.68. The highest BCUT2D eigenvalue weighted by Gasteiger charge is 2.18. The third-order valence-electron chi connectivity index (χ3n) is 3.21. The van der Waals surface area contributed by atoms with E-state index in [1.54, 1.807) is 20.0 Å². The van der Waals surface area contributed by atoms with Crippen molar-refractivity contribution in [2.24, 2.45) is 0 Å². The van der Waals surface area contributed by atoms with Gasteiger partial charge in [0.1, 0.15) is 23.0 Å². The number of aromatic amines is 1. The molecule has 0 atom stereocenters. The number of carbonyl (C=O) groups excluding carboxylic acids is 1. The lowest BCUT2D eigenvalue weighted by Gasteiger charge is -2.14. The van der Waals surface area contributed by atoms with Crippen molar-refractivity contribution in [2.45, 2.75) is 13.5 Å². The zero-order valence-corrected chi connectivity index (χ0v) is 11.6. The molecule has 1 aromatic carbocycles.